The molecular weight excluding hydrogens is 1030 g/mol. The number of aromatic nitrogens is 4. The number of hydrogen-bond acceptors (Lipinski definition) is 14. The normalized spacial score (nSPS) is 13.3. The van der Waals surface area contributed by atoms with Crippen molar-refractivity contribution in [1.82, 2.24) is 29.7 Å². The lowest BCUT2D eigenvalue weighted by Crippen LogP contribution is -2.38. The van der Waals surface area contributed by atoms with Gasteiger partial charge in [0.25, 0.3) is 0 Å². The number of likely N-dealkylation sites (tertiary alicyclic amines) is 2. The maximum absolute atomic E-state index is 12.5. The van der Waals surface area contributed by atoms with Gasteiger partial charge >= 0.3 is 0 Å². The fourth-order valence-electron chi connectivity index (χ4n) is 8.75. The number of nitrogens with two attached hydrogens (primary N) is 1. The molecular formula is C58H67ClF2N12O6. The van der Waals surface area contributed by atoms with Crippen LogP contribution < -0.4 is 41.8 Å². The highest BCUT2D eigenvalue weighted by molar-refractivity contribution is 6.28. The Morgan fingerprint density at radius 1 is 0.646 bits per heavy atom. The van der Waals surface area contributed by atoms with Crippen LogP contribution in [0.1, 0.15) is 72.6 Å². The molecule has 2 fully saturated rings. The number of carbonyl (C=O) groups excluding carboxylic acids is 4. The molecule has 2 aliphatic rings. The summed E-state index contributed by atoms with van der Waals surface area (Å²) in [7, 11) is 3.22. The number of anilines is 9. The first-order valence-electron chi connectivity index (χ1n) is 25.6. The Balaban J connectivity index is 0.000000211. The lowest BCUT2D eigenvalue weighted by molar-refractivity contribution is -0.133. The number of alkyl halides is 2. The van der Waals surface area contributed by atoms with Crippen LogP contribution in [0.5, 0.6) is 11.5 Å². The van der Waals surface area contributed by atoms with Crippen molar-refractivity contribution in [2.45, 2.75) is 64.2 Å². The van der Waals surface area contributed by atoms with E-state index in [4.69, 9.17) is 26.8 Å². The minimum atomic E-state index is -0.615. The number of nitrogens with zero attached hydrogens (tertiary/aromatic N) is 6. The Hall–Kier alpha value is -8.65. The van der Waals surface area contributed by atoms with Gasteiger partial charge in [0.2, 0.25) is 34.9 Å². The Labute approximate surface area is 464 Å². The van der Waals surface area contributed by atoms with Gasteiger partial charge in [-0.15, -0.1) is 0 Å². The lowest BCUT2D eigenvalue weighted by Gasteiger charge is -2.32. The molecule has 21 heteroatoms. The molecule has 2 aromatic heterocycles. The number of hydrogen-bond donors (Lipinski definition) is 6. The van der Waals surface area contributed by atoms with E-state index in [1.165, 1.54) is 17.7 Å². The third-order valence-corrected chi connectivity index (χ3v) is 13.2. The third-order valence-electron chi connectivity index (χ3n) is 13.1. The summed E-state index contributed by atoms with van der Waals surface area (Å²) < 4.78 is 35.6. The highest BCUT2D eigenvalue weighted by Gasteiger charge is 2.26. The molecule has 0 bridgehead atoms. The van der Waals surface area contributed by atoms with E-state index in [1.54, 1.807) is 60.7 Å². The van der Waals surface area contributed by atoms with Gasteiger partial charge in [0, 0.05) is 72.4 Å². The van der Waals surface area contributed by atoms with Crippen LogP contribution >= 0.6 is 11.6 Å². The zero-order valence-electron chi connectivity index (χ0n) is 44.8. The molecule has 0 unspecified atom stereocenters. The minimum absolute atomic E-state index is 0.000357. The zero-order valence-corrected chi connectivity index (χ0v) is 45.5. The van der Waals surface area contributed by atoms with Crippen LogP contribution in [0.15, 0.2) is 123 Å². The zero-order chi connectivity index (χ0) is 56.8. The fourth-order valence-corrected chi connectivity index (χ4v) is 8.89. The first-order valence-corrected chi connectivity index (χ1v) is 26.0. The maximum Gasteiger partial charge on any atom is 0.247 e. The van der Waals surface area contributed by atoms with E-state index < -0.39 is 13.3 Å². The summed E-state index contributed by atoms with van der Waals surface area (Å²) in [4.78, 5) is 67.1. The molecule has 0 atom stereocenters. The number of halogens is 3. The molecule has 0 aliphatic carbocycles. The number of benzene rings is 4. The van der Waals surface area contributed by atoms with Gasteiger partial charge in [-0.2, -0.15) is 4.98 Å². The second kappa shape index (κ2) is 29.8. The Morgan fingerprint density at radius 3 is 1.58 bits per heavy atom. The average Bonchev–Trinajstić information content (AvgIpc) is 3.46. The van der Waals surface area contributed by atoms with Crippen molar-refractivity contribution in [1.29, 1.82) is 0 Å². The number of piperidine rings is 2. The predicted octanol–water partition coefficient (Wildman–Crippen LogP) is 11.1. The quantitative estimate of drug-likeness (QED) is 0.0267. The molecule has 7 N–H and O–H groups in total. The fraction of sp³-hybridized carbons (Fsp3) is 0.310. The van der Waals surface area contributed by atoms with Crippen LogP contribution in [-0.2, 0) is 19.2 Å². The number of carbonyl (C=O) groups is 4. The van der Waals surface area contributed by atoms with Crippen LogP contribution in [0.25, 0.3) is 0 Å². The second-order valence-electron chi connectivity index (χ2n) is 18.5. The molecule has 0 saturated carbocycles. The number of aryl methyl sites for hydroxylation is 2. The molecule has 4 aromatic carbocycles. The molecule has 2 saturated heterocycles. The largest absolute Gasteiger partial charge is 0.495 e. The summed E-state index contributed by atoms with van der Waals surface area (Å²) in [5, 5.41) is 15.3. The summed E-state index contributed by atoms with van der Waals surface area (Å²) in [5.74, 6) is 2.93. The lowest BCUT2D eigenvalue weighted by atomic mass is 9.89. The predicted molar refractivity (Wildman–Crippen MR) is 308 cm³/mol. The van der Waals surface area contributed by atoms with Crippen molar-refractivity contribution in [2.75, 3.05) is 86.1 Å². The number of nitrogens with one attached hydrogen (secondary N) is 5. The van der Waals surface area contributed by atoms with Gasteiger partial charge in [-0.3, -0.25) is 28.0 Å². The summed E-state index contributed by atoms with van der Waals surface area (Å²) >= 11 is 5.77. The molecule has 0 radical (unpaired) electrons. The Kier molecular flexibility index (Phi) is 22.4. The summed E-state index contributed by atoms with van der Waals surface area (Å²) in [5.41, 5.74) is 14.0. The highest BCUT2D eigenvalue weighted by atomic mass is 35.5. The monoisotopic (exact) mass is 1100 g/mol. The SMILES string of the molecule is C=CC(=O)Nc1cccc(Nc2nc(Cl)ncc2C)c1.C=CC(=O)Nc1cccc(Nc2nc(Nc3ccc(C4CCN(C(=O)CCF)CC4)cc3OC)ncc2C)c1.COc1cc(C2CCN(C(=O)CCF)CC2)ccc1N. The summed E-state index contributed by atoms with van der Waals surface area (Å²) in [6, 6.07) is 26.4. The van der Waals surface area contributed by atoms with E-state index in [1.807, 2.05) is 74.5 Å². The molecule has 6 aromatic rings. The molecule has 18 nitrogen and oxygen atoms in total. The van der Waals surface area contributed by atoms with E-state index in [0.717, 1.165) is 59.4 Å². The van der Waals surface area contributed by atoms with Crippen LogP contribution in [0, 0.1) is 13.8 Å². The van der Waals surface area contributed by atoms with Crippen molar-refractivity contribution in [2.24, 2.45) is 0 Å². The number of rotatable bonds is 18. The first kappa shape index (κ1) is 59.6. The number of nitrogen functional groups attached to an aromatic ring is 1. The standard InChI is InChI=1S/C29H33FN6O3.C15H21FN2O2.C14H13ClN4O/c1-4-26(37)32-22-6-5-7-23(17-22)33-28-19(2)18-31-29(35-28)34-24-9-8-21(16-25(24)39-3)20-11-14-36(15-12-20)27(38)10-13-30;1-20-14-10-12(2-3-13(14)17)11-5-8-18(9-6-11)15(19)4-7-16;1-3-12(20)17-10-5-4-6-11(7-10)18-13-9(2)8-16-14(15)19-13/h4-9,16-18,20H,1,10-15H2,2-3H3,(H,32,37)(H2,31,33,34,35);2-3,10-11H,4-9,17H2,1H3;3-8H,1H2,2H3,(H,17,20)(H,16,18,19). The van der Waals surface area contributed by atoms with Gasteiger partial charge in [-0.05, 0) is 147 Å². The molecule has 8 rings (SSSR count). The Morgan fingerprint density at radius 2 is 1.10 bits per heavy atom. The van der Waals surface area contributed by atoms with Crippen LogP contribution in [0.4, 0.5) is 60.5 Å². The van der Waals surface area contributed by atoms with Gasteiger partial charge in [0.15, 0.2) is 0 Å². The molecule has 79 heavy (non-hydrogen) atoms. The maximum atomic E-state index is 12.5. The van der Waals surface area contributed by atoms with Crippen LogP contribution in [0.3, 0.4) is 0 Å². The second-order valence-corrected chi connectivity index (χ2v) is 18.8. The summed E-state index contributed by atoms with van der Waals surface area (Å²) in [6.45, 7) is 12.1. The molecule has 4 heterocycles. The molecule has 4 amide bonds. The van der Waals surface area contributed by atoms with Crippen molar-refractivity contribution >= 4 is 86.9 Å². The van der Waals surface area contributed by atoms with Crippen molar-refractivity contribution in [3.8, 4) is 11.5 Å². The first-order chi connectivity index (χ1) is 38.1. The van der Waals surface area contributed by atoms with E-state index in [9.17, 15) is 28.0 Å². The van der Waals surface area contributed by atoms with Crippen LogP contribution in [-0.4, -0.2) is 107 Å². The van der Waals surface area contributed by atoms with Crippen LogP contribution in [0.2, 0.25) is 5.28 Å². The van der Waals surface area contributed by atoms with E-state index in [-0.39, 0.29) is 41.8 Å². The molecule has 416 valence electrons. The van der Waals surface area contributed by atoms with Gasteiger partial charge < -0.3 is 51.6 Å². The van der Waals surface area contributed by atoms with E-state index >= 15 is 0 Å². The summed E-state index contributed by atoms with van der Waals surface area (Å²) in [6.07, 6.45) is 9.18. The molecule has 0 spiro atoms. The van der Waals surface area contributed by atoms with Crippen molar-refractivity contribution in [3.63, 3.8) is 0 Å². The van der Waals surface area contributed by atoms with Gasteiger partial charge in [0.05, 0.1) is 51.8 Å². The number of methoxy groups -OCH3 is 2. The smallest absolute Gasteiger partial charge is 0.247 e. The van der Waals surface area contributed by atoms with Gasteiger partial charge in [0.1, 0.15) is 23.1 Å². The minimum Gasteiger partial charge on any atom is -0.495 e. The highest BCUT2D eigenvalue weighted by Crippen LogP contribution is 2.36. The van der Waals surface area contributed by atoms with Crippen molar-refractivity contribution < 1.29 is 37.4 Å². The third kappa shape index (κ3) is 17.7. The number of ether oxygens (including phenoxy) is 2. The van der Waals surface area contributed by atoms with Gasteiger partial charge in [-0.25, -0.2) is 15.0 Å². The molecule has 2 aliphatic heterocycles. The average molecular weight is 1100 g/mol. The topological polar surface area (TPSA) is 231 Å². The van der Waals surface area contributed by atoms with Crippen molar-refractivity contribution in [3.05, 3.63) is 150 Å². The van der Waals surface area contributed by atoms with E-state index in [0.29, 0.717) is 84.2 Å². The van der Waals surface area contributed by atoms with Gasteiger partial charge in [-0.1, -0.05) is 37.4 Å². The Bertz CT molecular complexity index is 3080. The number of amides is 4. The van der Waals surface area contributed by atoms with E-state index in [2.05, 4.69) is 59.7 Å².